The van der Waals surface area contributed by atoms with Crippen molar-refractivity contribution >= 4 is 54.6 Å². The molecule has 0 aliphatic heterocycles. The van der Waals surface area contributed by atoms with Crippen molar-refractivity contribution < 1.29 is 8.42 Å². The normalized spacial score (nSPS) is 11.6. The molecule has 0 spiro atoms. The van der Waals surface area contributed by atoms with Gasteiger partial charge in [0, 0.05) is 0 Å². The zero-order valence-corrected chi connectivity index (χ0v) is 13.9. The highest BCUT2D eigenvalue weighted by atomic mass is 79.9. The van der Waals surface area contributed by atoms with E-state index in [0.717, 1.165) is 16.9 Å². The number of rotatable bonds is 3. The van der Waals surface area contributed by atoms with E-state index >= 15 is 0 Å². The van der Waals surface area contributed by atoms with Gasteiger partial charge in [-0.25, -0.2) is 18.4 Å². The van der Waals surface area contributed by atoms with E-state index < -0.39 is 10.0 Å². The number of aryl methyl sites for hydroxylation is 2. The van der Waals surface area contributed by atoms with Gasteiger partial charge in [-0.1, -0.05) is 22.9 Å². The third kappa shape index (κ3) is 3.25. The lowest BCUT2D eigenvalue weighted by atomic mass is 10.3. The molecule has 0 bridgehead atoms. The summed E-state index contributed by atoms with van der Waals surface area (Å²) in [5, 5.41) is 0. The number of pyridine rings is 1. The number of halogens is 2. The molecule has 0 fully saturated rings. The maximum absolute atomic E-state index is 12.2. The maximum Gasteiger partial charge on any atom is 0.273 e. The maximum atomic E-state index is 12.2. The van der Waals surface area contributed by atoms with Crippen molar-refractivity contribution in [2.24, 2.45) is 0 Å². The van der Waals surface area contributed by atoms with Gasteiger partial charge >= 0.3 is 0 Å². The molecule has 102 valence electrons. The second-order valence-electron chi connectivity index (χ2n) is 3.78. The zero-order chi connectivity index (χ0) is 14.2. The van der Waals surface area contributed by atoms with Crippen LogP contribution in [-0.4, -0.2) is 18.4 Å². The van der Waals surface area contributed by atoms with E-state index in [2.05, 4.69) is 30.6 Å². The van der Waals surface area contributed by atoms with E-state index in [0.29, 0.717) is 16.0 Å². The summed E-state index contributed by atoms with van der Waals surface area (Å²) in [5.74, 6) is 0. The van der Waals surface area contributed by atoms with Crippen LogP contribution in [0.5, 0.6) is 0 Å². The molecule has 0 amide bonds. The van der Waals surface area contributed by atoms with E-state index in [9.17, 15) is 8.42 Å². The van der Waals surface area contributed by atoms with Gasteiger partial charge in [0.1, 0.15) is 4.60 Å². The second kappa shape index (κ2) is 5.35. The van der Waals surface area contributed by atoms with Gasteiger partial charge in [-0.15, -0.1) is 0 Å². The quantitative estimate of drug-likeness (QED) is 0.826. The molecule has 0 aromatic carbocycles. The number of sulfonamides is 1. The van der Waals surface area contributed by atoms with Gasteiger partial charge in [0.25, 0.3) is 10.0 Å². The number of hydrogen-bond acceptors (Lipinski definition) is 5. The van der Waals surface area contributed by atoms with Gasteiger partial charge in [-0.2, -0.15) is 0 Å². The molecule has 0 unspecified atom stereocenters. The number of anilines is 1. The largest absolute Gasteiger partial charge is 0.277 e. The van der Waals surface area contributed by atoms with Gasteiger partial charge in [-0.3, -0.25) is 4.72 Å². The molecule has 0 aliphatic rings. The molecule has 19 heavy (non-hydrogen) atoms. The molecule has 2 aromatic heterocycles. The highest BCUT2D eigenvalue weighted by Crippen LogP contribution is 2.28. The van der Waals surface area contributed by atoms with Crippen LogP contribution < -0.4 is 4.72 Å². The Balaban J connectivity index is 2.36. The van der Waals surface area contributed by atoms with E-state index in [1.807, 2.05) is 6.92 Å². The van der Waals surface area contributed by atoms with Crippen LogP contribution in [0.4, 0.5) is 5.69 Å². The first kappa shape index (κ1) is 14.7. The SMILES string of the molecule is Cc1cc(NS(=O)(=O)c2sc(Cl)nc2C)cnc1Br. The fourth-order valence-corrected chi connectivity index (χ4v) is 4.41. The Kier molecular flexibility index (Phi) is 4.14. The van der Waals surface area contributed by atoms with E-state index in [1.165, 1.54) is 6.20 Å². The number of nitrogens with one attached hydrogen (secondary N) is 1. The highest BCUT2D eigenvalue weighted by Gasteiger charge is 2.21. The third-order valence-corrected chi connectivity index (χ3v) is 6.32. The molecular formula is C10H9BrClN3O2S2. The van der Waals surface area contributed by atoms with Gasteiger partial charge in [0.2, 0.25) is 0 Å². The van der Waals surface area contributed by atoms with Crippen molar-refractivity contribution in [2.75, 3.05) is 4.72 Å². The van der Waals surface area contributed by atoms with Crippen LogP contribution in [0.25, 0.3) is 0 Å². The van der Waals surface area contributed by atoms with E-state index in [4.69, 9.17) is 11.6 Å². The molecule has 2 rings (SSSR count). The van der Waals surface area contributed by atoms with Gasteiger partial charge < -0.3 is 0 Å². The minimum Gasteiger partial charge on any atom is -0.277 e. The van der Waals surface area contributed by atoms with Crippen molar-refractivity contribution in [1.82, 2.24) is 9.97 Å². The van der Waals surface area contributed by atoms with Gasteiger partial charge in [-0.05, 0) is 41.4 Å². The summed E-state index contributed by atoms with van der Waals surface area (Å²) in [6.07, 6.45) is 1.44. The smallest absolute Gasteiger partial charge is 0.273 e. The van der Waals surface area contributed by atoms with Crippen LogP contribution in [0.3, 0.4) is 0 Å². The molecule has 0 saturated carbocycles. The molecule has 0 saturated heterocycles. The Bertz CT molecular complexity index is 730. The first-order valence-electron chi connectivity index (χ1n) is 5.07. The first-order chi connectivity index (χ1) is 8.79. The molecule has 1 N–H and O–H groups in total. The monoisotopic (exact) mass is 381 g/mol. The number of hydrogen-bond donors (Lipinski definition) is 1. The molecule has 0 atom stereocenters. The van der Waals surface area contributed by atoms with Crippen molar-refractivity contribution in [3.05, 3.63) is 32.6 Å². The Labute approximate surface area is 128 Å². The third-order valence-electron chi connectivity index (χ3n) is 2.24. The lowest BCUT2D eigenvalue weighted by Crippen LogP contribution is -2.13. The highest BCUT2D eigenvalue weighted by molar-refractivity contribution is 9.10. The first-order valence-corrected chi connectivity index (χ1v) is 8.54. The van der Waals surface area contributed by atoms with Crippen LogP contribution in [0.2, 0.25) is 4.47 Å². The van der Waals surface area contributed by atoms with Crippen LogP contribution in [0.15, 0.2) is 21.1 Å². The van der Waals surface area contributed by atoms with Crippen LogP contribution in [-0.2, 0) is 10.0 Å². The Morgan fingerprint density at radius 2 is 2.11 bits per heavy atom. The summed E-state index contributed by atoms with van der Waals surface area (Å²) in [6, 6.07) is 1.69. The second-order valence-corrected chi connectivity index (χ2v) is 7.99. The summed E-state index contributed by atoms with van der Waals surface area (Å²) < 4.78 is 27.8. The number of nitrogens with zero attached hydrogens (tertiary/aromatic N) is 2. The zero-order valence-electron chi connectivity index (χ0n) is 9.94. The van der Waals surface area contributed by atoms with Crippen LogP contribution in [0.1, 0.15) is 11.3 Å². The van der Waals surface area contributed by atoms with Crippen molar-refractivity contribution in [3.8, 4) is 0 Å². The molecule has 0 radical (unpaired) electrons. The van der Waals surface area contributed by atoms with E-state index in [-0.39, 0.29) is 8.68 Å². The van der Waals surface area contributed by atoms with Crippen molar-refractivity contribution in [2.45, 2.75) is 18.1 Å². The van der Waals surface area contributed by atoms with Crippen molar-refractivity contribution in [3.63, 3.8) is 0 Å². The number of thiazole rings is 1. The topological polar surface area (TPSA) is 72.0 Å². The molecule has 0 aliphatic carbocycles. The lowest BCUT2D eigenvalue weighted by molar-refractivity contribution is 0.602. The fraction of sp³-hybridized carbons (Fsp3) is 0.200. The summed E-state index contributed by atoms with van der Waals surface area (Å²) in [6.45, 7) is 3.42. The Morgan fingerprint density at radius 3 is 2.63 bits per heavy atom. The number of aromatic nitrogens is 2. The summed E-state index contributed by atoms with van der Waals surface area (Å²) in [7, 11) is -3.69. The fourth-order valence-electron chi connectivity index (χ4n) is 1.42. The standard InChI is InChI=1S/C10H9BrClN3O2S2/c1-5-3-7(4-13-8(5)11)15-19(16,17)9-6(2)14-10(12)18-9/h3-4,15H,1-2H3. The average Bonchev–Trinajstić information content (AvgIpc) is 2.63. The van der Waals surface area contributed by atoms with Crippen LogP contribution >= 0.6 is 38.9 Å². The minimum absolute atomic E-state index is 0.109. The summed E-state index contributed by atoms with van der Waals surface area (Å²) in [4.78, 5) is 7.93. The van der Waals surface area contributed by atoms with Crippen molar-refractivity contribution in [1.29, 1.82) is 0 Å². The predicted octanol–water partition coefficient (Wildman–Crippen LogP) is 3.37. The summed E-state index contributed by atoms with van der Waals surface area (Å²) >= 11 is 9.89. The van der Waals surface area contributed by atoms with Gasteiger partial charge in [0.15, 0.2) is 8.68 Å². The predicted molar refractivity (Wildman–Crippen MR) is 79.3 cm³/mol. The minimum atomic E-state index is -3.69. The molecular weight excluding hydrogens is 374 g/mol. The summed E-state index contributed by atoms with van der Waals surface area (Å²) in [5.41, 5.74) is 1.60. The molecule has 5 nitrogen and oxygen atoms in total. The molecule has 2 heterocycles. The van der Waals surface area contributed by atoms with Gasteiger partial charge in [0.05, 0.1) is 17.6 Å². The van der Waals surface area contributed by atoms with E-state index in [1.54, 1.807) is 13.0 Å². The lowest BCUT2D eigenvalue weighted by Gasteiger charge is -2.07. The molecule has 9 heteroatoms. The van der Waals surface area contributed by atoms with Crippen LogP contribution in [0, 0.1) is 13.8 Å². The Morgan fingerprint density at radius 1 is 1.42 bits per heavy atom. The molecule has 2 aromatic rings. The Hall–Kier alpha value is -0.700. The average molecular weight is 383 g/mol.